The number of nitrogens with zero attached hydrogens (tertiary/aromatic N) is 4. The van der Waals surface area contributed by atoms with Crippen molar-refractivity contribution >= 4 is 23.2 Å². The summed E-state index contributed by atoms with van der Waals surface area (Å²) in [5, 5.41) is 5.63. The summed E-state index contributed by atoms with van der Waals surface area (Å²) in [7, 11) is 1.78. The number of benzene rings is 1. The number of anilines is 2. The Kier molecular flexibility index (Phi) is 5.64. The summed E-state index contributed by atoms with van der Waals surface area (Å²) in [6, 6.07) is 13.4. The highest BCUT2D eigenvalue weighted by atomic mass is 35.5. The molecule has 7 nitrogen and oxygen atoms in total. The number of aromatic nitrogens is 3. The number of hydrogen-bond donors (Lipinski definition) is 2. The molecule has 5 rings (SSSR count). The zero-order chi connectivity index (χ0) is 21.9. The van der Waals surface area contributed by atoms with Gasteiger partial charge in [-0.1, -0.05) is 11.6 Å². The number of hydrogen-bond acceptors (Lipinski definition) is 7. The number of nitrogens with one attached hydrogen (secondary N) is 2. The molecule has 1 aliphatic heterocycles. The third kappa shape index (κ3) is 4.11. The summed E-state index contributed by atoms with van der Waals surface area (Å²) in [4.78, 5) is 13.1. The van der Waals surface area contributed by atoms with E-state index in [0.29, 0.717) is 22.7 Å². The van der Waals surface area contributed by atoms with E-state index in [-0.39, 0.29) is 0 Å². The van der Waals surface area contributed by atoms with Crippen molar-refractivity contribution in [2.45, 2.75) is 25.7 Å². The molecule has 8 heteroatoms. The number of allylic oxidation sites excluding steroid dienone is 2. The van der Waals surface area contributed by atoms with Gasteiger partial charge in [0.15, 0.2) is 0 Å². The van der Waals surface area contributed by atoms with Crippen LogP contribution in [-0.2, 0) is 0 Å². The minimum Gasteiger partial charge on any atom is -0.438 e. The lowest BCUT2D eigenvalue weighted by atomic mass is 9.90. The van der Waals surface area contributed by atoms with E-state index in [4.69, 9.17) is 16.3 Å². The molecule has 3 heterocycles. The number of halogens is 1. The van der Waals surface area contributed by atoms with Crippen LogP contribution < -0.4 is 20.5 Å². The molecular formula is C24H23ClN6O. The van der Waals surface area contributed by atoms with Crippen LogP contribution in [0.2, 0.25) is 0 Å². The average Bonchev–Trinajstić information content (AvgIpc) is 2.85. The number of ether oxygens (including phenoxy) is 1. The fraction of sp³-hybridized carbons (Fsp3) is 0.208. The second-order valence-corrected chi connectivity index (χ2v) is 7.98. The summed E-state index contributed by atoms with van der Waals surface area (Å²) < 4.78 is 6.11. The zero-order valence-corrected chi connectivity index (χ0v) is 18.4. The van der Waals surface area contributed by atoms with Crippen molar-refractivity contribution in [1.82, 2.24) is 20.4 Å². The van der Waals surface area contributed by atoms with E-state index in [0.717, 1.165) is 29.8 Å². The largest absolute Gasteiger partial charge is 0.438 e. The number of fused-ring (bicyclic) bond motifs is 1. The van der Waals surface area contributed by atoms with E-state index >= 15 is 0 Å². The number of pyridine rings is 1. The Labute approximate surface area is 191 Å². The van der Waals surface area contributed by atoms with Crippen LogP contribution in [-0.4, -0.2) is 22.0 Å². The molecule has 1 saturated carbocycles. The number of rotatable bonds is 5. The van der Waals surface area contributed by atoms with Crippen LogP contribution in [0.3, 0.4) is 0 Å². The molecule has 0 unspecified atom stereocenters. The van der Waals surface area contributed by atoms with E-state index in [1.165, 1.54) is 24.0 Å². The maximum atomic E-state index is 6.51. The zero-order valence-electron chi connectivity index (χ0n) is 17.7. The van der Waals surface area contributed by atoms with E-state index < -0.39 is 0 Å². The highest BCUT2D eigenvalue weighted by Gasteiger charge is 2.22. The van der Waals surface area contributed by atoms with Crippen LogP contribution >= 0.6 is 11.6 Å². The Morgan fingerprint density at radius 2 is 1.88 bits per heavy atom. The van der Waals surface area contributed by atoms with Gasteiger partial charge in [0.05, 0.1) is 16.9 Å². The van der Waals surface area contributed by atoms with Gasteiger partial charge in [-0.15, -0.1) is 0 Å². The van der Waals surface area contributed by atoms with Crippen molar-refractivity contribution < 1.29 is 4.74 Å². The lowest BCUT2D eigenvalue weighted by molar-refractivity contribution is 0.465. The first-order valence-electron chi connectivity index (χ1n) is 10.6. The van der Waals surface area contributed by atoms with Gasteiger partial charge >= 0.3 is 0 Å². The molecule has 2 aliphatic rings. The normalized spacial score (nSPS) is 15.6. The van der Waals surface area contributed by atoms with Gasteiger partial charge in [-0.3, -0.25) is 10.4 Å². The van der Waals surface area contributed by atoms with Crippen LogP contribution in [0.25, 0.3) is 11.3 Å². The molecular weight excluding hydrogens is 424 g/mol. The molecule has 162 valence electrons. The first kappa shape index (κ1) is 20.3. The maximum Gasteiger partial charge on any atom is 0.228 e. The van der Waals surface area contributed by atoms with Crippen molar-refractivity contribution in [3.63, 3.8) is 0 Å². The van der Waals surface area contributed by atoms with Crippen LogP contribution in [0.4, 0.5) is 11.6 Å². The Bertz CT molecular complexity index is 1190. The third-order valence-corrected chi connectivity index (χ3v) is 5.85. The van der Waals surface area contributed by atoms with Gasteiger partial charge < -0.3 is 10.1 Å². The Morgan fingerprint density at radius 3 is 2.72 bits per heavy atom. The summed E-state index contributed by atoms with van der Waals surface area (Å²) in [6.07, 6.45) is 10.0. The lowest BCUT2D eigenvalue weighted by Gasteiger charge is -2.32. The second kappa shape index (κ2) is 8.88. The van der Waals surface area contributed by atoms with Crippen molar-refractivity contribution in [3.05, 3.63) is 77.4 Å². The molecule has 0 radical (unpaired) electrons. The molecule has 2 aromatic heterocycles. The van der Waals surface area contributed by atoms with Crippen molar-refractivity contribution in [1.29, 1.82) is 0 Å². The molecule has 2 N–H and O–H groups in total. The SMILES string of the molecule is CNc1nccc(-c2cccnc2Oc2ccc(N3C=C4CCCCC4=C(Cl)N3)cc2)n1. The van der Waals surface area contributed by atoms with Crippen LogP contribution in [0.15, 0.2) is 77.4 Å². The van der Waals surface area contributed by atoms with E-state index in [1.54, 1.807) is 19.4 Å². The van der Waals surface area contributed by atoms with Crippen molar-refractivity contribution in [2.24, 2.45) is 0 Å². The molecule has 0 atom stereocenters. The fourth-order valence-corrected chi connectivity index (χ4v) is 4.21. The Hall–Kier alpha value is -3.58. The predicted octanol–water partition coefficient (Wildman–Crippen LogP) is 5.61. The molecule has 1 fully saturated rings. The molecule has 1 aromatic carbocycles. The smallest absolute Gasteiger partial charge is 0.228 e. The van der Waals surface area contributed by atoms with Crippen LogP contribution in [0.1, 0.15) is 25.7 Å². The van der Waals surface area contributed by atoms with Gasteiger partial charge in [-0.05, 0) is 79.3 Å². The summed E-state index contributed by atoms with van der Waals surface area (Å²) >= 11 is 6.51. The van der Waals surface area contributed by atoms with Crippen LogP contribution in [0, 0.1) is 0 Å². The highest BCUT2D eigenvalue weighted by molar-refractivity contribution is 6.30. The quantitative estimate of drug-likeness (QED) is 0.493. The van der Waals surface area contributed by atoms with Gasteiger partial charge in [-0.2, -0.15) is 0 Å². The molecule has 0 bridgehead atoms. The minimum absolute atomic E-state index is 0.483. The molecule has 0 saturated heterocycles. The molecule has 0 spiro atoms. The Balaban J connectivity index is 1.36. The van der Waals surface area contributed by atoms with Gasteiger partial charge in [-0.25, -0.2) is 15.0 Å². The van der Waals surface area contributed by atoms with Crippen molar-refractivity contribution in [3.8, 4) is 22.9 Å². The maximum absolute atomic E-state index is 6.51. The predicted molar refractivity (Wildman–Crippen MR) is 126 cm³/mol. The van der Waals surface area contributed by atoms with Crippen LogP contribution in [0.5, 0.6) is 11.6 Å². The monoisotopic (exact) mass is 446 g/mol. The van der Waals surface area contributed by atoms with E-state index in [1.807, 2.05) is 47.5 Å². The lowest BCUT2D eigenvalue weighted by Crippen LogP contribution is -2.36. The van der Waals surface area contributed by atoms with E-state index in [9.17, 15) is 0 Å². The Morgan fingerprint density at radius 1 is 1.03 bits per heavy atom. The fourth-order valence-electron chi connectivity index (χ4n) is 3.90. The third-order valence-electron chi connectivity index (χ3n) is 5.53. The standard InChI is InChI=1S/C24H23ClN6O/c1-26-24-28-14-12-21(29-24)20-7-4-13-27-23(20)32-18-10-8-17(9-11-18)31-15-16-5-2-3-6-19(16)22(25)30-31/h4,7-15,30H,2-3,5-6H2,1H3,(H,26,28,29). The molecule has 0 amide bonds. The van der Waals surface area contributed by atoms with Gasteiger partial charge in [0, 0.05) is 25.6 Å². The molecule has 32 heavy (non-hydrogen) atoms. The summed E-state index contributed by atoms with van der Waals surface area (Å²) in [5.74, 6) is 1.71. The summed E-state index contributed by atoms with van der Waals surface area (Å²) in [5.41, 5.74) is 8.32. The van der Waals surface area contributed by atoms with Gasteiger partial charge in [0.1, 0.15) is 10.9 Å². The van der Waals surface area contributed by atoms with E-state index in [2.05, 4.69) is 31.9 Å². The molecule has 1 aliphatic carbocycles. The highest BCUT2D eigenvalue weighted by Crippen LogP contribution is 2.36. The minimum atomic E-state index is 0.483. The van der Waals surface area contributed by atoms with Gasteiger partial charge in [0.2, 0.25) is 11.8 Å². The van der Waals surface area contributed by atoms with Gasteiger partial charge in [0.25, 0.3) is 0 Å². The number of hydrazine groups is 1. The molecule has 3 aromatic rings. The summed E-state index contributed by atoms with van der Waals surface area (Å²) in [6.45, 7) is 0. The topological polar surface area (TPSA) is 75.2 Å². The van der Waals surface area contributed by atoms with Crippen molar-refractivity contribution in [2.75, 3.05) is 17.4 Å². The second-order valence-electron chi connectivity index (χ2n) is 7.60. The first-order chi connectivity index (χ1) is 15.7. The average molecular weight is 447 g/mol. The first-order valence-corrected chi connectivity index (χ1v) is 11.0.